The third kappa shape index (κ3) is 2.62. The number of halogens is 1. The summed E-state index contributed by atoms with van der Waals surface area (Å²) in [5, 5.41) is 0.766. The molecule has 2 N–H and O–H groups in total. The lowest BCUT2D eigenvalue weighted by atomic mass is 10.1. The fourth-order valence-corrected chi connectivity index (χ4v) is 2.06. The van der Waals surface area contributed by atoms with Crippen LogP contribution in [-0.4, -0.2) is 19.2 Å². The van der Waals surface area contributed by atoms with Gasteiger partial charge in [-0.3, -0.25) is 4.84 Å². The van der Waals surface area contributed by atoms with Gasteiger partial charge in [0.1, 0.15) is 0 Å². The van der Waals surface area contributed by atoms with Crippen molar-refractivity contribution in [1.82, 2.24) is 0 Å². The molecule has 1 atom stereocenters. The molecule has 1 saturated heterocycles. The summed E-state index contributed by atoms with van der Waals surface area (Å²) in [5.74, 6) is 5.22. The molecule has 1 fully saturated rings. The Labute approximate surface area is 94.7 Å². The lowest BCUT2D eigenvalue weighted by molar-refractivity contribution is 0.0435. The molecule has 0 amide bonds. The van der Waals surface area contributed by atoms with Gasteiger partial charge in [-0.15, -0.1) is 0 Å². The van der Waals surface area contributed by atoms with E-state index >= 15 is 0 Å². The van der Waals surface area contributed by atoms with Gasteiger partial charge in [-0.2, -0.15) is 0 Å². The molecule has 0 aromatic heterocycles. The fourth-order valence-electron chi connectivity index (χ4n) is 1.94. The van der Waals surface area contributed by atoms with Crippen molar-refractivity contribution in [1.29, 1.82) is 0 Å². The van der Waals surface area contributed by atoms with Crippen molar-refractivity contribution in [3.8, 4) is 0 Å². The van der Waals surface area contributed by atoms with Crippen LogP contribution >= 0.6 is 11.6 Å². The second-order valence-electron chi connectivity index (χ2n) is 3.82. The highest BCUT2D eigenvalue weighted by Crippen LogP contribution is 2.22. The highest BCUT2D eigenvalue weighted by atomic mass is 35.5. The minimum absolute atomic E-state index is 0.148. The zero-order valence-electron chi connectivity index (χ0n) is 8.53. The van der Waals surface area contributed by atoms with Gasteiger partial charge in [-0.25, -0.2) is 5.90 Å². The lowest BCUT2D eigenvalue weighted by Gasteiger charge is -2.33. The third-order valence-electron chi connectivity index (χ3n) is 2.76. The molecule has 1 aliphatic rings. The second-order valence-corrected chi connectivity index (χ2v) is 4.26. The lowest BCUT2D eigenvalue weighted by Crippen LogP contribution is -2.40. The SMILES string of the molecule is NOC1CCCN(c2ccc(Cl)cc2)C1. The number of rotatable bonds is 2. The first kappa shape index (κ1) is 10.7. The molecule has 82 valence electrons. The maximum Gasteiger partial charge on any atom is 0.0962 e. The highest BCUT2D eigenvalue weighted by Gasteiger charge is 2.19. The largest absolute Gasteiger partial charge is 0.369 e. The summed E-state index contributed by atoms with van der Waals surface area (Å²) in [4.78, 5) is 7.17. The molecule has 0 bridgehead atoms. The Morgan fingerprint density at radius 2 is 2.07 bits per heavy atom. The molecule has 2 rings (SSSR count). The van der Waals surface area contributed by atoms with E-state index in [9.17, 15) is 0 Å². The summed E-state index contributed by atoms with van der Waals surface area (Å²) < 4.78 is 0. The Kier molecular flexibility index (Phi) is 3.46. The average Bonchev–Trinajstić information content (AvgIpc) is 2.30. The number of anilines is 1. The number of piperidine rings is 1. The molecule has 0 aliphatic carbocycles. The molecule has 1 aromatic rings. The van der Waals surface area contributed by atoms with Crippen LogP contribution < -0.4 is 10.8 Å². The van der Waals surface area contributed by atoms with Crippen molar-refractivity contribution in [2.24, 2.45) is 5.90 Å². The Balaban J connectivity index is 2.06. The van der Waals surface area contributed by atoms with E-state index < -0.39 is 0 Å². The second kappa shape index (κ2) is 4.84. The van der Waals surface area contributed by atoms with Gasteiger partial charge in [0.15, 0.2) is 0 Å². The number of nitrogens with two attached hydrogens (primary N) is 1. The predicted molar refractivity (Wildman–Crippen MR) is 62.0 cm³/mol. The van der Waals surface area contributed by atoms with Crippen LogP contribution in [0.1, 0.15) is 12.8 Å². The highest BCUT2D eigenvalue weighted by molar-refractivity contribution is 6.30. The Morgan fingerprint density at radius 1 is 1.33 bits per heavy atom. The van der Waals surface area contributed by atoms with Crippen molar-refractivity contribution in [2.75, 3.05) is 18.0 Å². The van der Waals surface area contributed by atoms with Gasteiger partial charge in [-0.05, 0) is 37.1 Å². The van der Waals surface area contributed by atoms with Crippen molar-refractivity contribution in [3.05, 3.63) is 29.3 Å². The van der Waals surface area contributed by atoms with Crippen LogP contribution in [-0.2, 0) is 4.84 Å². The van der Waals surface area contributed by atoms with Crippen molar-refractivity contribution in [3.63, 3.8) is 0 Å². The summed E-state index contributed by atoms with van der Waals surface area (Å²) in [6, 6.07) is 7.87. The molecule has 3 nitrogen and oxygen atoms in total. The monoisotopic (exact) mass is 226 g/mol. The number of benzene rings is 1. The number of hydrogen-bond acceptors (Lipinski definition) is 3. The Morgan fingerprint density at radius 3 is 2.73 bits per heavy atom. The average molecular weight is 227 g/mol. The molecule has 1 unspecified atom stereocenters. The van der Waals surface area contributed by atoms with Gasteiger partial charge in [0.25, 0.3) is 0 Å². The van der Waals surface area contributed by atoms with E-state index in [-0.39, 0.29) is 6.10 Å². The predicted octanol–water partition coefficient (Wildman–Crippen LogP) is 2.20. The molecular weight excluding hydrogens is 212 g/mol. The van der Waals surface area contributed by atoms with E-state index in [0.29, 0.717) is 0 Å². The van der Waals surface area contributed by atoms with Gasteiger partial charge in [0.05, 0.1) is 6.10 Å². The summed E-state index contributed by atoms with van der Waals surface area (Å²) in [7, 11) is 0. The zero-order valence-corrected chi connectivity index (χ0v) is 9.28. The minimum atomic E-state index is 0.148. The first-order valence-corrected chi connectivity index (χ1v) is 5.53. The molecule has 0 spiro atoms. The zero-order chi connectivity index (χ0) is 10.7. The third-order valence-corrected chi connectivity index (χ3v) is 3.01. The summed E-state index contributed by atoms with van der Waals surface area (Å²) in [6.07, 6.45) is 2.31. The van der Waals surface area contributed by atoms with Crippen LogP contribution in [0, 0.1) is 0 Å². The summed E-state index contributed by atoms with van der Waals surface area (Å²) in [6.45, 7) is 1.92. The Bertz CT molecular complexity index is 315. The molecule has 4 heteroatoms. The summed E-state index contributed by atoms with van der Waals surface area (Å²) >= 11 is 5.84. The van der Waals surface area contributed by atoms with Gasteiger partial charge in [0.2, 0.25) is 0 Å². The first-order chi connectivity index (χ1) is 7.29. The van der Waals surface area contributed by atoms with E-state index in [2.05, 4.69) is 4.90 Å². The molecular formula is C11H15ClN2O. The maximum atomic E-state index is 5.84. The van der Waals surface area contributed by atoms with Crippen molar-refractivity contribution >= 4 is 17.3 Å². The molecule has 0 saturated carbocycles. The topological polar surface area (TPSA) is 38.5 Å². The van der Waals surface area contributed by atoms with Crippen LogP contribution in [0.25, 0.3) is 0 Å². The molecule has 15 heavy (non-hydrogen) atoms. The normalized spacial score (nSPS) is 21.7. The fraction of sp³-hybridized carbons (Fsp3) is 0.455. The number of nitrogens with zero attached hydrogens (tertiary/aromatic N) is 1. The number of hydrogen-bond donors (Lipinski definition) is 1. The molecule has 0 radical (unpaired) electrons. The van der Waals surface area contributed by atoms with Gasteiger partial charge < -0.3 is 4.90 Å². The van der Waals surface area contributed by atoms with E-state index in [4.69, 9.17) is 22.3 Å². The van der Waals surface area contributed by atoms with E-state index in [1.165, 1.54) is 5.69 Å². The quantitative estimate of drug-likeness (QED) is 0.786. The van der Waals surface area contributed by atoms with Crippen LogP contribution in [0.3, 0.4) is 0 Å². The van der Waals surface area contributed by atoms with Crippen molar-refractivity contribution in [2.45, 2.75) is 18.9 Å². The first-order valence-electron chi connectivity index (χ1n) is 5.15. The molecule has 1 heterocycles. The molecule has 1 aliphatic heterocycles. The van der Waals surface area contributed by atoms with Crippen LogP contribution in [0.2, 0.25) is 5.02 Å². The van der Waals surface area contributed by atoms with Crippen LogP contribution in [0.4, 0.5) is 5.69 Å². The van der Waals surface area contributed by atoms with Crippen molar-refractivity contribution < 1.29 is 4.84 Å². The minimum Gasteiger partial charge on any atom is -0.369 e. The van der Waals surface area contributed by atoms with Gasteiger partial charge in [-0.1, -0.05) is 11.6 Å². The van der Waals surface area contributed by atoms with E-state index in [1.54, 1.807) is 0 Å². The van der Waals surface area contributed by atoms with Gasteiger partial charge in [0, 0.05) is 23.8 Å². The van der Waals surface area contributed by atoms with E-state index in [0.717, 1.165) is 31.0 Å². The summed E-state index contributed by atoms with van der Waals surface area (Å²) in [5.41, 5.74) is 1.18. The standard InChI is InChI=1S/C11H15ClN2O/c12-9-3-5-10(6-4-9)14-7-1-2-11(8-14)15-13/h3-6,11H,1-2,7-8,13H2. The smallest absolute Gasteiger partial charge is 0.0962 e. The van der Waals surface area contributed by atoms with Gasteiger partial charge >= 0.3 is 0 Å². The van der Waals surface area contributed by atoms with Crippen LogP contribution in [0.15, 0.2) is 24.3 Å². The van der Waals surface area contributed by atoms with Crippen LogP contribution in [0.5, 0.6) is 0 Å². The molecule has 1 aromatic carbocycles. The van der Waals surface area contributed by atoms with E-state index in [1.807, 2.05) is 24.3 Å². The Hall–Kier alpha value is -0.770. The maximum absolute atomic E-state index is 5.84.